The van der Waals surface area contributed by atoms with Gasteiger partial charge in [-0.05, 0) is 85.6 Å². The summed E-state index contributed by atoms with van der Waals surface area (Å²) in [7, 11) is 0. The third-order valence-electron chi connectivity index (χ3n) is 13.1. The number of anilines is 3. The van der Waals surface area contributed by atoms with E-state index in [1.807, 2.05) is 6.07 Å². The zero-order valence-corrected chi connectivity index (χ0v) is 32.1. The SMILES string of the molecule is c1ccc(N(c2cccc3c2-c2ccccc2C32c3ccccc3-c3ccccc32)c2cccc3ccccc23)c(-c2cccc3c2ccc2c4ccccc4oc32)c1. The summed E-state index contributed by atoms with van der Waals surface area (Å²) in [6.07, 6.45) is 0. The van der Waals surface area contributed by atoms with Gasteiger partial charge >= 0.3 is 0 Å². The normalized spacial score (nSPS) is 13.2. The van der Waals surface area contributed by atoms with Crippen molar-refractivity contribution >= 4 is 60.5 Å². The van der Waals surface area contributed by atoms with Crippen molar-refractivity contribution in [2.24, 2.45) is 0 Å². The molecule has 0 bridgehead atoms. The Bertz CT molecular complexity index is 3480. The van der Waals surface area contributed by atoms with Gasteiger partial charge in [0.2, 0.25) is 0 Å². The van der Waals surface area contributed by atoms with Gasteiger partial charge < -0.3 is 9.32 Å². The fourth-order valence-corrected chi connectivity index (χ4v) is 10.8. The summed E-state index contributed by atoms with van der Waals surface area (Å²) in [6, 6.07) is 78.1. The molecule has 0 aliphatic heterocycles. The molecule has 2 aliphatic rings. The first-order valence-electron chi connectivity index (χ1n) is 20.4. The van der Waals surface area contributed by atoms with Crippen LogP contribution < -0.4 is 4.90 Å². The van der Waals surface area contributed by atoms with Crippen molar-refractivity contribution in [1.29, 1.82) is 0 Å². The Morgan fingerprint density at radius 2 is 0.797 bits per heavy atom. The van der Waals surface area contributed by atoms with Gasteiger partial charge in [0.1, 0.15) is 11.2 Å². The standard InChI is InChI=1S/C57H35NO/c1-2-18-37-36(16-1)17-13-31-51(37)58(52-30-11-6-21-42(52)38-24-14-25-44-39(38)34-35-45-43-22-7-12-33-54(43)59-56(44)45)53-32-15-29-50-55(53)46-23-5-10-28-49(46)57(50)47-26-8-3-19-40(47)41-20-4-9-27-48(41)57/h1-35H. The van der Waals surface area contributed by atoms with Crippen molar-refractivity contribution < 1.29 is 4.42 Å². The molecule has 0 fully saturated rings. The van der Waals surface area contributed by atoms with Gasteiger partial charge in [0.05, 0.1) is 22.5 Å². The predicted octanol–water partition coefficient (Wildman–Crippen LogP) is 15.4. The van der Waals surface area contributed by atoms with Gasteiger partial charge in [0, 0.05) is 32.7 Å². The van der Waals surface area contributed by atoms with E-state index in [0.29, 0.717) is 0 Å². The van der Waals surface area contributed by atoms with Crippen LogP contribution in [0, 0.1) is 0 Å². The molecule has 2 nitrogen and oxygen atoms in total. The van der Waals surface area contributed by atoms with Crippen LogP contribution in [0.25, 0.3) is 76.9 Å². The summed E-state index contributed by atoms with van der Waals surface area (Å²) in [4.78, 5) is 2.54. The molecule has 10 aromatic carbocycles. The van der Waals surface area contributed by atoms with E-state index in [4.69, 9.17) is 4.42 Å². The Labute approximate surface area is 341 Å². The molecule has 0 N–H and O–H groups in total. The van der Waals surface area contributed by atoms with Crippen LogP contribution in [0.15, 0.2) is 217 Å². The van der Waals surface area contributed by atoms with E-state index in [1.165, 1.54) is 55.3 Å². The summed E-state index contributed by atoms with van der Waals surface area (Å²) in [6.45, 7) is 0. The van der Waals surface area contributed by atoms with Crippen LogP contribution in [-0.4, -0.2) is 0 Å². The summed E-state index contributed by atoms with van der Waals surface area (Å²) in [5.41, 5.74) is 17.6. The molecule has 59 heavy (non-hydrogen) atoms. The highest BCUT2D eigenvalue weighted by molar-refractivity contribution is 6.18. The first kappa shape index (κ1) is 32.4. The largest absolute Gasteiger partial charge is 0.455 e. The maximum absolute atomic E-state index is 6.59. The second-order valence-electron chi connectivity index (χ2n) is 15.9. The van der Waals surface area contributed by atoms with Gasteiger partial charge in [0.15, 0.2) is 0 Å². The van der Waals surface area contributed by atoms with Crippen molar-refractivity contribution in [3.8, 4) is 33.4 Å². The smallest absolute Gasteiger partial charge is 0.143 e. The first-order chi connectivity index (χ1) is 29.3. The van der Waals surface area contributed by atoms with Gasteiger partial charge in [-0.15, -0.1) is 0 Å². The fraction of sp³-hybridized carbons (Fsp3) is 0.0175. The van der Waals surface area contributed by atoms with Crippen molar-refractivity contribution in [2.75, 3.05) is 4.90 Å². The molecule has 0 amide bonds. The summed E-state index contributed by atoms with van der Waals surface area (Å²) in [5, 5.41) is 6.94. The zero-order chi connectivity index (χ0) is 38.7. The predicted molar refractivity (Wildman–Crippen MR) is 245 cm³/mol. The van der Waals surface area contributed by atoms with Gasteiger partial charge in [-0.3, -0.25) is 0 Å². The van der Waals surface area contributed by atoms with Crippen LogP contribution in [0.2, 0.25) is 0 Å². The molecule has 0 saturated carbocycles. The lowest BCUT2D eigenvalue weighted by Gasteiger charge is -2.33. The van der Waals surface area contributed by atoms with Crippen molar-refractivity contribution in [1.82, 2.24) is 0 Å². The van der Waals surface area contributed by atoms with Crippen molar-refractivity contribution in [3.05, 3.63) is 235 Å². The van der Waals surface area contributed by atoms with Crippen LogP contribution in [0.1, 0.15) is 22.3 Å². The Morgan fingerprint density at radius 1 is 0.305 bits per heavy atom. The highest BCUT2D eigenvalue weighted by Crippen LogP contribution is 2.65. The van der Waals surface area contributed by atoms with E-state index in [1.54, 1.807) is 0 Å². The van der Waals surface area contributed by atoms with Gasteiger partial charge in [-0.1, -0.05) is 182 Å². The maximum atomic E-state index is 6.59. The summed E-state index contributed by atoms with van der Waals surface area (Å²) < 4.78 is 6.59. The van der Waals surface area contributed by atoms with Crippen LogP contribution in [-0.2, 0) is 5.41 Å². The molecule has 1 spiro atoms. The zero-order valence-electron chi connectivity index (χ0n) is 32.1. The minimum atomic E-state index is -0.452. The number of benzene rings is 10. The third kappa shape index (κ3) is 4.30. The fourth-order valence-electron chi connectivity index (χ4n) is 10.8. The summed E-state index contributed by atoms with van der Waals surface area (Å²) >= 11 is 0. The number of hydrogen-bond donors (Lipinski definition) is 0. The third-order valence-corrected chi connectivity index (χ3v) is 13.1. The van der Waals surface area contributed by atoms with Crippen LogP contribution in [0.4, 0.5) is 17.1 Å². The number of para-hydroxylation sites is 2. The lowest BCUT2D eigenvalue weighted by Crippen LogP contribution is -2.26. The van der Waals surface area contributed by atoms with Crippen LogP contribution >= 0.6 is 0 Å². The van der Waals surface area contributed by atoms with E-state index in [-0.39, 0.29) is 0 Å². The highest BCUT2D eigenvalue weighted by Gasteiger charge is 2.52. The maximum Gasteiger partial charge on any atom is 0.143 e. The number of fused-ring (bicyclic) bond motifs is 16. The first-order valence-corrected chi connectivity index (χ1v) is 20.4. The van der Waals surface area contributed by atoms with Gasteiger partial charge in [-0.25, -0.2) is 0 Å². The van der Waals surface area contributed by atoms with Crippen LogP contribution in [0.5, 0.6) is 0 Å². The molecular formula is C57H35NO. The minimum Gasteiger partial charge on any atom is -0.455 e. The number of furan rings is 1. The van der Waals surface area contributed by atoms with E-state index < -0.39 is 5.41 Å². The molecule has 2 aliphatic carbocycles. The van der Waals surface area contributed by atoms with Crippen molar-refractivity contribution in [3.63, 3.8) is 0 Å². The second-order valence-corrected chi connectivity index (χ2v) is 15.9. The van der Waals surface area contributed by atoms with Gasteiger partial charge in [0.25, 0.3) is 0 Å². The van der Waals surface area contributed by atoms with E-state index in [2.05, 4.69) is 211 Å². The Balaban J connectivity index is 1.13. The second kappa shape index (κ2) is 12.2. The van der Waals surface area contributed by atoms with Gasteiger partial charge in [-0.2, -0.15) is 0 Å². The summed E-state index contributed by atoms with van der Waals surface area (Å²) in [5.74, 6) is 0. The molecule has 0 unspecified atom stereocenters. The quantitative estimate of drug-likeness (QED) is 0.178. The highest BCUT2D eigenvalue weighted by atomic mass is 16.3. The molecule has 2 heteroatoms. The Hall–Kier alpha value is -7.68. The molecule has 1 aromatic heterocycles. The molecule has 0 atom stereocenters. The lowest BCUT2D eigenvalue weighted by atomic mass is 9.70. The molecule has 11 aromatic rings. The van der Waals surface area contributed by atoms with E-state index in [9.17, 15) is 0 Å². The van der Waals surface area contributed by atoms with E-state index in [0.717, 1.165) is 60.9 Å². The number of nitrogens with zero attached hydrogens (tertiary/aromatic N) is 1. The Morgan fingerprint density at radius 3 is 1.61 bits per heavy atom. The molecule has 274 valence electrons. The monoisotopic (exact) mass is 749 g/mol. The molecular weight excluding hydrogens is 715 g/mol. The number of hydrogen-bond acceptors (Lipinski definition) is 2. The molecule has 0 radical (unpaired) electrons. The molecule has 13 rings (SSSR count). The van der Waals surface area contributed by atoms with Crippen LogP contribution in [0.3, 0.4) is 0 Å². The molecule has 0 saturated heterocycles. The minimum absolute atomic E-state index is 0.452. The van der Waals surface area contributed by atoms with Crippen molar-refractivity contribution in [2.45, 2.75) is 5.41 Å². The topological polar surface area (TPSA) is 16.4 Å². The van der Waals surface area contributed by atoms with E-state index >= 15 is 0 Å². The average molecular weight is 750 g/mol. The lowest BCUT2D eigenvalue weighted by molar-refractivity contribution is 0.672. The average Bonchev–Trinajstić information content (AvgIpc) is 3.94. The number of rotatable bonds is 4. The molecule has 1 heterocycles. The Kier molecular flexibility index (Phi) is 6.68.